The van der Waals surface area contributed by atoms with Crippen molar-refractivity contribution in [2.75, 3.05) is 0 Å². The van der Waals surface area contributed by atoms with Gasteiger partial charge in [-0.05, 0) is 43.1 Å². The molecule has 0 spiro atoms. The second kappa shape index (κ2) is 6.66. The number of rotatable bonds is 4. The predicted octanol–water partition coefficient (Wildman–Crippen LogP) is 2.16. The van der Waals surface area contributed by atoms with Gasteiger partial charge in [-0.1, -0.05) is 18.6 Å². The zero-order valence-electron chi connectivity index (χ0n) is 13.1. The van der Waals surface area contributed by atoms with E-state index < -0.39 is 4.92 Å². The zero-order valence-corrected chi connectivity index (χ0v) is 13.1. The molecule has 2 unspecified atom stereocenters. The molecule has 3 N–H and O–H groups in total. The van der Waals surface area contributed by atoms with Crippen LogP contribution in [0.5, 0.6) is 0 Å². The van der Waals surface area contributed by atoms with Gasteiger partial charge >= 0.3 is 0 Å². The molecule has 2 bridgehead atoms. The van der Waals surface area contributed by atoms with Gasteiger partial charge in [-0.3, -0.25) is 14.9 Å². The van der Waals surface area contributed by atoms with E-state index in [-0.39, 0.29) is 30.1 Å². The first-order valence-electron chi connectivity index (χ1n) is 8.31. The van der Waals surface area contributed by atoms with Crippen LogP contribution >= 0.6 is 0 Å². The molecule has 2 fully saturated rings. The SMILES string of the molecule is NC1CC2CCCC(C1)C2NC(=O)Cc1cccc([N+](=O)[O-])c1. The monoisotopic (exact) mass is 317 g/mol. The molecule has 1 aromatic carbocycles. The molecule has 1 aromatic rings. The first kappa shape index (κ1) is 15.9. The van der Waals surface area contributed by atoms with Crippen LogP contribution in [0.1, 0.15) is 37.7 Å². The maximum absolute atomic E-state index is 12.4. The molecule has 0 heterocycles. The number of nitro benzene ring substituents is 1. The van der Waals surface area contributed by atoms with Crippen molar-refractivity contribution < 1.29 is 9.72 Å². The Kier molecular flexibility index (Phi) is 4.61. The van der Waals surface area contributed by atoms with E-state index in [0.717, 1.165) is 25.7 Å². The lowest BCUT2D eigenvalue weighted by Crippen LogP contribution is -2.54. The molecule has 0 aliphatic heterocycles. The maximum atomic E-state index is 12.4. The standard InChI is InChI=1S/C17H23N3O3/c18-14-9-12-4-2-5-13(10-14)17(12)19-16(21)8-11-3-1-6-15(7-11)20(22)23/h1,3,6-7,12-14,17H,2,4-5,8-10,18H2,(H,19,21). The average Bonchev–Trinajstić information content (AvgIpc) is 2.48. The van der Waals surface area contributed by atoms with Crippen molar-refractivity contribution >= 4 is 11.6 Å². The lowest BCUT2D eigenvalue weighted by atomic mass is 9.67. The van der Waals surface area contributed by atoms with E-state index in [0.29, 0.717) is 17.4 Å². The summed E-state index contributed by atoms with van der Waals surface area (Å²) in [6.45, 7) is 0. The summed E-state index contributed by atoms with van der Waals surface area (Å²) >= 11 is 0. The molecule has 0 aromatic heterocycles. The summed E-state index contributed by atoms with van der Waals surface area (Å²) in [4.78, 5) is 22.7. The highest BCUT2D eigenvalue weighted by Gasteiger charge is 2.39. The van der Waals surface area contributed by atoms with Crippen LogP contribution < -0.4 is 11.1 Å². The quantitative estimate of drug-likeness (QED) is 0.656. The van der Waals surface area contributed by atoms with Gasteiger partial charge in [0, 0.05) is 24.2 Å². The molecule has 124 valence electrons. The molecule has 0 radical (unpaired) electrons. The van der Waals surface area contributed by atoms with Crippen LogP contribution in [0.25, 0.3) is 0 Å². The highest BCUT2D eigenvalue weighted by atomic mass is 16.6. The summed E-state index contributed by atoms with van der Waals surface area (Å²) in [6.07, 6.45) is 5.64. The Morgan fingerprint density at radius 2 is 2.00 bits per heavy atom. The number of carbonyl (C=O) groups excluding carboxylic acids is 1. The van der Waals surface area contributed by atoms with Gasteiger partial charge in [-0.15, -0.1) is 0 Å². The van der Waals surface area contributed by atoms with E-state index in [2.05, 4.69) is 5.32 Å². The number of nitro groups is 1. The number of nitrogens with two attached hydrogens (primary N) is 1. The summed E-state index contributed by atoms with van der Waals surface area (Å²) in [5.74, 6) is 0.904. The Labute approximate surface area is 135 Å². The van der Waals surface area contributed by atoms with Crippen molar-refractivity contribution in [3.8, 4) is 0 Å². The fourth-order valence-corrected chi connectivity index (χ4v) is 4.23. The summed E-state index contributed by atoms with van der Waals surface area (Å²) < 4.78 is 0. The lowest BCUT2D eigenvalue weighted by molar-refractivity contribution is -0.384. The highest BCUT2D eigenvalue weighted by Crippen LogP contribution is 2.39. The average molecular weight is 317 g/mol. The van der Waals surface area contributed by atoms with E-state index in [1.165, 1.54) is 18.6 Å². The Morgan fingerprint density at radius 3 is 2.65 bits per heavy atom. The summed E-state index contributed by atoms with van der Waals surface area (Å²) in [6, 6.07) is 6.76. The van der Waals surface area contributed by atoms with Gasteiger partial charge in [-0.25, -0.2) is 0 Å². The molecular weight excluding hydrogens is 294 g/mol. The van der Waals surface area contributed by atoms with Crippen LogP contribution in [0, 0.1) is 22.0 Å². The van der Waals surface area contributed by atoms with Crippen molar-refractivity contribution in [1.82, 2.24) is 5.32 Å². The van der Waals surface area contributed by atoms with E-state index >= 15 is 0 Å². The molecule has 2 saturated carbocycles. The third-order valence-electron chi connectivity index (χ3n) is 5.19. The van der Waals surface area contributed by atoms with Crippen LogP contribution in [-0.4, -0.2) is 22.9 Å². The predicted molar refractivity (Wildman–Crippen MR) is 86.8 cm³/mol. The minimum absolute atomic E-state index is 0.0239. The normalized spacial score (nSPS) is 29.8. The number of carbonyl (C=O) groups is 1. The third kappa shape index (κ3) is 3.69. The van der Waals surface area contributed by atoms with Gasteiger partial charge < -0.3 is 11.1 Å². The molecule has 0 saturated heterocycles. The first-order chi connectivity index (χ1) is 11.0. The smallest absolute Gasteiger partial charge is 0.269 e. The van der Waals surface area contributed by atoms with Gasteiger partial charge in [0.25, 0.3) is 5.69 Å². The second-order valence-electron chi connectivity index (χ2n) is 6.88. The van der Waals surface area contributed by atoms with Gasteiger partial charge in [0.2, 0.25) is 5.91 Å². The first-order valence-corrected chi connectivity index (χ1v) is 8.31. The van der Waals surface area contributed by atoms with Crippen LogP contribution in [0.3, 0.4) is 0 Å². The number of amides is 1. The Balaban J connectivity index is 1.63. The van der Waals surface area contributed by atoms with E-state index in [1.807, 2.05) is 0 Å². The van der Waals surface area contributed by atoms with Gasteiger partial charge in [-0.2, -0.15) is 0 Å². The van der Waals surface area contributed by atoms with Crippen molar-refractivity contribution in [1.29, 1.82) is 0 Å². The van der Waals surface area contributed by atoms with Crippen molar-refractivity contribution in [3.05, 3.63) is 39.9 Å². The summed E-state index contributed by atoms with van der Waals surface area (Å²) in [7, 11) is 0. The van der Waals surface area contributed by atoms with E-state index in [1.54, 1.807) is 12.1 Å². The van der Waals surface area contributed by atoms with Gasteiger partial charge in [0.1, 0.15) is 0 Å². The number of non-ortho nitro benzene ring substituents is 1. The van der Waals surface area contributed by atoms with E-state index in [4.69, 9.17) is 5.73 Å². The minimum atomic E-state index is -0.436. The van der Waals surface area contributed by atoms with Crippen molar-refractivity contribution in [3.63, 3.8) is 0 Å². The Hall–Kier alpha value is -1.95. The largest absolute Gasteiger partial charge is 0.353 e. The molecule has 23 heavy (non-hydrogen) atoms. The minimum Gasteiger partial charge on any atom is -0.353 e. The topological polar surface area (TPSA) is 98.3 Å². The Morgan fingerprint density at radius 1 is 1.30 bits per heavy atom. The molecule has 2 atom stereocenters. The number of hydrogen-bond donors (Lipinski definition) is 2. The van der Waals surface area contributed by atoms with Crippen LogP contribution in [-0.2, 0) is 11.2 Å². The maximum Gasteiger partial charge on any atom is 0.269 e. The molecule has 1 amide bonds. The molecule has 3 rings (SSSR count). The summed E-state index contributed by atoms with van der Waals surface area (Å²) in [5, 5.41) is 14.0. The van der Waals surface area contributed by atoms with E-state index in [9.17, 15) is 14.9 Å². The highest BCUT2D eigenvalue weighted by molar-refractivity contribution is 5.79. The Bertz CT molecular complexity index is 591. The number of benzene rings is 1. The van der Waals surface area contributed by atoms with Crippen LogP contribution in [0.4, 0.5) is 5.69 Å². The number of nitrogens with zero attached hydrogens (tertiary/aromatic N) is 1. The molecular formula is C17H23N3O3. The molecule has 6 heteroatoms. The van der Waals surface area contributed by atoms with Gasteiger partial charge in [0.05, 0.1) is 11.3 Å². The molecule has 2 aliphatic rings. The fraction of sp³-hybridized carbons (Fsp3) is 0.588. The number of fused-ring (bicyclic) bond motifs is 2. The van der Waals surface area contributed by atoms with Crippen LogP contribution in [0.15, 0.2) is 24.3 Å². The van der Waals surface area contributed by atoms with Crippen LogP contribution in [0.2, 0.25) is 0 Å². The van der Waals surface area contributed by atoms with Crippen molar-refractivity contribution in [2.45, 2.75) is 50.6 Å². The number of hydrogen-bond acceptors (Lipinski definition) is 4. The van der Waals surface area contributed by atoms with Crippen molar-refractivity contribution in [2.24, 2.45) is 17.6 Å². The van der Waals surface area contributed by atoms with Gasteiger partial charge in [0.15, 0.2) is 0 Å². The lowest BCUT2D eigenvalue weighted by Gasteiger charge is -2.45. The fourth-order valence-electron chi connectivity index (χ4n) is 4.23. The second-order valence-corrected chi connectivity index (χ2v) is 6.88. The number of nitrogens with one attached hydrogen (secondary N) is 1. The molecule has 2 aliphatic carbocycles. The zero-order chi connectivity index (χ0) is 16.4. The summed E-state index contributed by atoms with van der Waals surface area (Å²) in [5.41, 5.74) is 6.81. The molecule has 6 nitrogen and oxygen atoms in total. The third-order valence-corrected chi connectivity index (χ3v) is 5.19.